The van der Waals surface area contributed by atoms with Gasteiger partial charge in [0.15, 0.2) is 5.13 Å². The maximum atomic E-state index is 12.7. The number of hydrogen-bond acceptors (Lipinski definition) is 5. The van der Waals surface area contributed by atoms with Gasteiger partial charge in [-0.1, -0.05) is 52.7 Å². The van der Waals surface area contributed by atoms with Gasteiger partial charge < -0.3 is 15.4 Å². The molecule has 0 radical (unpaired) electrons. The minimum Gasteiger partial charge on any atom is -0.497 e. The Kier molecular flexibility index (Phi) is 6.60. The molecule has 0 saturated heterocycles. The van der Waals surface area contributed by atoms with Gasteiger partial charge in [0.05, 0.1) is 34.3 Å². The molecule has 0 fully saturated rings. The number of nitrogens with zero attached hydrogens (tertiary/aromatic N) is 1. The zero-order chi connectivity index (χ0) is 22.7. The number of benzene rings is 3. The molecule has 0 spiro atoms. The fourth-order valence-electron chi connectivity index (χ4n) is 3.08. The van der Waals surface area contributed by atoms with Gasteiger partial charge in [0.25, 0.3) is 5.91 Å². The smallest absolute Gasteiger partial charge is 0.257 e. The van der Waals surface area contributed by atoms with Gasteiger partial charge in [-0.2, -0.15) is 0 Å². The van der Waals surface area contributed by atoms with Crippen molar-refractivity contribution in [1.29, 1.82) is 0 Å². The number of nitrogens with one attached hydrogen (secondary N) is 2. The molecule has 9 heteroatoms. The summed E-state index contributed by atoms with van der Waals surface area (Å²) in [5.74, 6) is 0.0892. The summed E-state index contributed by atoms with van der Waals surface area (Å²) < 4.78 is 6.13. The monoisotopic (exact) mass is 485 g/mol. The van der Waals surface area contributed by atoms with Crippen LogP contribution >= 0.6 is 34.5 Å². The average molecular weight is 486 g/mol. The van der Waals surface area contributed by atoms with E-state index in [-0.39, 0.29) is 23.3 Å². The Morgan fingerprint density at radius 1 is 1.03 bits per heavy atom. The summed E-state index contributed by atoms with van der Waals surface area (Å²) in [6.07, 6.45) is 0.0596. The van der Waals surface area contributed by atoms with Crippen LogP contribution in [0.4, 0.5) is 10.8 Å². The standard InChI is InChI=1S/C23H17Cl2N3O3S/c1-31-15-7-9-19-20(12-15)32-23(27-19)28-21(29)10-13-4-2-3-5-18(13)26-22(30)16-8-6-14(24)11-17(16)25/h2-9,11-12H,10H2,1H3,(H,26,30)(H,27,28,29). The molecule has 0 aliphatic heterocycles. The van der Waals surface area contributed by atoms with E-state index in [2.05, 4.69) is 15.6 Å². The van der Waals surface area contributed by atoms with E-state index >= 15 is 0 Å². The summed E-state index contributed by atoms with van der Waals surface area (Å²) in [5.41, 5.74) is 2.25. The van der Waals surface area contributed by atoms with Crippen LogP contribution in [0.3, 0.4) is 0 Å². The number of amides is 2. The first-order chi connectivity index (χ1) is 15.4. The lowest BCUT2D eigenvalue weighted by Gasteiger charge is -2.12. The number of carbonyl (C=O) groups is 2. The van der Waals surface area contributed by atoms with Gasteiger partial charge in [-0.15, -0.1) is 0 Å². The van der Waals surface area contributed by atoms with Crippen LogP contribution in [0.5, 0.6) is 5.75 Å². The molecule has 162 valence electrons. The second-order valence-electron chi connectivity index (χ2n) is 6.81. The maximum Gasteiger partial charge on any atom is 0.257 e. The molecule has 1 heterocycles. The molecule has 3 aromatic carbocycles. The molecule has 0 bridgehead atoms. The van der Waals surface area contributed by atoms with Crippen LogP contribution < -0.4 is 15.4 Å². The SMILES string of the molecule is COc1ccc2nc(NC(=O)Cc3ccccc3NC(=O)c3ccc(Cl)cc3Cl)sc2c1. The van der Waals surface area contributed by atoms with Crippen molar-refractivity contribution in [3.63, 3.8) is 0 Å². The minimum absolute atomic E-state index is 0.0596. The Balaban J connectivity index is 1.48. The van der Waals surface area contributed by atoms with Crippen molar-refractivity contribution in [1.82, 2.24) is 4.98 Å². The van der Waals surface area contributed by atoms with Gasteiger partial charge in [0.1, 0.15) is 5.75 Å². The predicted octanol–water partition coefficient (Wildman–Crippen LogP) is 6.05. The molecular formula is C23H17Cl2N3O3S. The van der Waals surface area contributed by atoms with Gasteiger partial charge in [-0.05, 0) is 48.0 Å². The molecule has 6 nitrogen and oxygen atoms in total. The fourth-order valence-corrected chi connectivity index (χ4v) is 4.49. The number of carbonyl (C=O) groups excluding carboxylic acids is 2. The molecule has 4 rings (SSSR count). The van der Waals surface area contributed by atoms with Crippen LogP contribution in [0.25, 0.3) is 10.2 Å². The molecule has 0 aliphatic carbocycles. The Labute approximate surface area is 198 Å². The lowest BCUT2D eigenvalue weighted by Crippen LogP contribution is -2.18. The van der Waals surface area contributed by atoms with Gasteiger partial charge in [0.2, 0.25) is 5.91 Å². The molecule has 0 unspecified atom stereocenters. The lowest BCUT2D eigenvalue weighted by molar-refractivity contribution is -0.115. The Morgan fingerprint density at radius 2 is 1.84 bits per heavy atom. The van der Waals surface area contributed by atoms with Crippen molar-refractivity contribution in [3.05, 3.63) is 81.8 Å². The Hall–Kier alpha value is -3.13. The highest BCUT2D eigenvalue weighted by atomic mass is 35.5. The minimum atomic E-state index is -0.389. The summed E-state index contributed by atoms with van der Waals surface area (Å²) in [7, 11) is 1.60. The number of para-hydroxylation sites is 1. The molecule has 2 N–H and O–H groups in total. The van der Waals surface area contributed by atoms with Crippen LogP contribution in [-0.2, 0) is 11.2 Å². The fraction of sp³-hybridized carbons (Fsp3) is 0.0870. The lowest BCUT2D eigenvalue weighted by atomic mass is 10.1. The van der Waals surface area contributed by atoms with Gasteiger partial charge in [-0.3, -0.25) is 9.59 Å². The highest BCUT2D eigenvalue weighted by Gasteiger charge is 2.15. The zero-order valence-electron chi connectivity index (χ0n) is 16.8. The van der Waals surface area contributed by atoms with E-state index < -0.39 is 0 Å². The Morgan fingerprint density at radius 3 is 2.62 bits per heavy atom. The maximum absolute atomic E-state index is 12.7. The molecule has 0 aliphatic rings. The number of hydrogen-bond donors (Lipinski definition) is 2. The quantitative estimate of drug-likeness (QED) is 0.348. The van der Waals surface area contributed by atoms with E-state index in [1.54, 1.807) is 43.5 Å². The van der Waals surface area contributed by atoms with E-state index in [0.29, 0.717) is 27.0 Å². The second-order valence-corrected chi connectivity index (χ2v) is 8.69. The zero-order valence-corrected chi connectivity index (χ0v) is 19.1. The third kappa shape index (κ3) is 5.02. The first kappa shape index (κ1) is 22.1. The van der Waals surface area contributed by atoms with Crippen molar-refractivity contribution in [3.8, 4) is 5.75 Å². The number of aromatic nitrogens is 1. The summed E-state index contributed by atoms with van der Waals surface area (Å²) >= 11 is 13.4. The van der Waals surface area contributed by atoms with Gasteiger partial charge in [-0.25, -0.2) is 4.98 Å². The number of rotatable bonds is 6. The van der Waals surface area contributed by atoms with E-state index in [1.807, 2.05) is 18.2 Å². The van der Waals surface area contributed by atoms with Crippen molar-refractivity contribution in [2.75, 3.05) is 17.7 Å². The topological polar surface area (TPSA) is 80.3 Å². The third-order valence-electron chi connectivity index (χ3n) is 4.63. The normalized spacial score (nSPS) is 10.7. The first-order valence-corrected chi connectivity index (χ1v) is 11.1. The number of anilines is 2. The van der Waals surface area contributed by atoms with Crippen LogP contribution in [0.15, 0.2) is 60.7 Å². The summed E-state index contributed by atoms with van der Waals surface area (Å²) in [6, 6.07) is 17.3. The Bertz CT molecular complexity index is 1320. The van der Waals surface area contributed by atoms with Crippen LogP contribution in [0.1, 0.15) is 15.9 Å². The van der Waals surface area contributed by atoms with Crippen molar-refractivity contribution in [2.45, 2.75) is 6.42 Å². The summed E-state index contributed by atoms with van der Waals surface area (Å²) in [5, 5.41) is 6.82. The molecule has 2 amide bonds. The van der Waals surface area contributed by atoms with E-state index in [9.17, 15) is 9.59 Å². The third-order valence-corrected chi connectivity index (χ3v) is 6.12. The van der Waals surface area contributed by atoms with Crippen LogP contribution in [0.2, 0.25) is 10.0 Å². The molecule has 1 aromatic heterocycles. The molecule has 0 atom stereocenters. The average Bonchev–Trinajstić information content (AvgIpc) is 3.16. The second kappa shape index (κ2) is 9.56. The summed E-state index contributed by atoms with van der Waals surface area (Å²) in [4.78, 5) is 29.8. The highest BCUT2D eigenvalue weighted by Crippen LogP contribution is 2.29. The van der Waals surface area contributed by atoms with Crippen molar-refractivity contribution in [2.24, 2.45) is 0 Å². The van der Waals surface area contributed by atoms with Crippen molar-refractivity contribution < 1.29 is 14.3 Å². The summed E-state index contributed by atoms with van der Waals surface area (Å²) in [6.45, 7) is 0. The number of fused-ring (bicyclic) bond motifs is 1. The number of thiazole rings is 1. The van der Waals surface area contributed by atoms with E-state index in [1.165, 1.54) is 17.4 Å². The van der Waals surface area contributed by atoms with Crippen molar-refractivity contribution >= 4 is 67.4 Å². The van der Waals surface area contributed by atoms with Gasteiger partial charge in [0, 0.05) is 10.7 Å². The number of methoxy groups -OCH3 is 1. The van der Waals surface area contributed by atoms with Crippen LogP contribution in [-0.4, -0.2) is 23.9 Å². The predicted molar refractivity (Wildman–Crippen MR) is 129 cm³/mol. The molecule has 4 aromatic rings. The molecular weight excluding hydrogens is 469 g/mol. The van der Waals surface area contributed by atoms with Crippen LogP contribution in [0, 0.1) is 0 Å². The van der Waals surface area contributed by atoms with Gasteiger partial charge >= 0.3 is 0 Å². The molecule has 0 saturated carbocycles. The number of ether oxygens (including phenoxy) is 1. The largest absolute Gasteiger partial charge is 0.497 e. The first-order valence-electron chi connectivity index (χ1n) is 9.51. The van der Waals surface area contributed by atoms with E-state index in [4.69, 9.17) is 27.9 Å². The van der Waals surface area contributed by atoms with E-state index in [0.717, 1.165) is 16.0 Å². The highest BCUT2D eigenvalue weighted by molar-refractivity contribution is 7.22. The molecule has 32 heavy (non-hydrogen) atoms. The number of halogens is 2.